The Hall–Kier alpha value is -3.47. The van der Waals surface area contributed by atoms with E-state index in [1.54, 1.807) is 11.1 Å². The Kier molecular flexibility index (Phi) is 5.71. The second kappa shape index (κ2) is 8.95. The van der Waals surface area contributed by atoms with Crippen LogP contribution in [-0.2, 0) is 11.3 Å². The fraction of sp³-hybridized carbons (Fsp3) is 0.296. The summed E-state index contributed by atoms with van der Waals surface area (Å²) in [6.07, 6.45) is 7.18. The monoisotopic (exact) mass is 425 g/mol. The molecule has 5 rings (SSSR count). The van der Waals surface area contributed by atoms with Crippen LogP contribution in [0.1, 0.15) is 59.6 Å². The highest BCUT2D eigenvalue weighted by Crippen LogP contribution is 2.33. The number of carbonyl (C=O) groups excluding carboxylic acids is 2. The van der Waals surface area contributed by atoms with Crippen LogP contribution in [0.4, 0.5) is 0 Å². The first-order valence-corrected chi connectivity index (χ1v) is 11.4. The van der Waals surface area contributed by atoms with Crippen LogP contribution in [0.15, 0.2) is 72.9 Å². The minimum atomic E-state index is -0.654. The van der Waals surface area contributed by atoms with Crippen LogP contribution in [0, 0.1) is 0 Å². The number of pyridine rings is 1. The van der Waals surface area contributed by atoms with Gasteiger partial charge in [0.15, 0.2) is 0 Å². The van der Waals surface area contributed by atoms with Crippen molar-refractivity contribution in [1.29, 1.82) is 0 Å². The first-order chi connectivity index (χ1) is 15.7. The van der Waals surface area contributed by atoms with Gasteiger partial charge in [-0.25, -0.2) is 0 Å². The van der Waals surface area contributed by atoms with E-state index in [4.69, 9.17) is 0 Å². The van der Waals surface area contributed by atoms with E-state index in [9.17, 15) is 9.59 Å². The molecule has 1 aromatic heterocycles. The zero-order valence-electron chi connectivity index (χ0n) is 18.0. The normalized spacial score (nSPS) is 17.1. The molecule has 0 spiro atoms. The van der Waals surface area contributed by atoms with E-state index in [0.717, 1.165) is 48.1 Å². The molecule has 0 bridgehead atoms. The molecule has 32 heavy (non-hydrogen) atoms. The molecule has 2 aromatic carbocycles. The van der Waals surface area contributed by atoms with E-state index in [1.807, 2.05) is 66.7 Å². The number of aromatic nitrogens is 1. The Labute approximate surface area is 188 Å². The van der Waals surface area contributed by atoms with Gasteiger partial charge in [-0.05, 0) is 30.0 Å². The number of fused-ring (bicyclic) bond motifs is 1. The molecule has 162 valence electrons. The molecule has 5 nitrogen and oxygen atoms in total. The van der Waals surface area contributed by atoms with Gasteiger partial charge in [-0.15, -0.1) is 0 Å². The first-order valence-electron chi connectivity index (χ1n) is 11.4. The van der Waals surface area contributed by atoms with E-state index in [-0.39, 0.29) is 17.9 Å². The number of hydrogen-bond donors (Lipinski definition) is 1. The molecule has 0 saturated heterocycles. The molecule has 2 heterocycles. The highest BCUT2D eigenvalue weighted by molar-refractivity contribution is 6.01. The van der Waals surface area contributed by atoms with Gasteiger partial charge in [-0.3, -0.25) is 14.6 Å². The fourth-order valence-corrected chi connectivity index (χ4v) is 4.84. The molecule has 1 unspecified atom stereocenters. The summed E-state index contributed by atoms with van der Waals surface area (Å²) in [5.74, 6) is -0.236. The molecule has 1 saturated carbocycles. The number of hydrogen-bond acceptors (Lipinski definition) is 3. The Balaban J connectivity index is 1.44. The van der Waals surface area contributed by atoms with Crippen LogP contribution in [0.3, 0.4) is 0 Å². The second-order valence-electron chi connectivity index (χ2n) is 8.68. The highest BCUT2D eigenvalue weighted by atomic mass is 16.2. The van der Waals surface area contributed by atoms with Crippen LogP contribution < -0.4 is 5.32 Å². The van der Waals surface area contributed by atoms with Crippen molar-refractivity contribution >= 4 is 11.8 Å². The first kappa shape index (κ1) is 20.4. The Bertz CT molecular complexity index is 1110. The summed E-state index contributed by atoms with van der Waals surface area (Å²) >= 11 is 0. The molecule has 3 aromatic rings. The number of carbonyl (C=O) groups is 2. The number of amides is 2. The highest BCUT2D eigenvalue weighted by Gasteiger charge is 2.38. The predicted octanol–water partition coefficient (Wildman–Crippen LogP) is 4.89. The molecule has 1 atom stereocenters. The molecule has 1 fully saturated rings. The number of rotatable bonds is 5. The number of nitrogens with one attached hydrogen (secondary N) is 1. The van der Waals surface area contributed by atoms with Gasteiger partial charge in [-0.2, -0.15) is 0 Å². The molecule has 0 radical (unpaired) electrons. The summed E-state index contributed by atoms with van der Waals surface area (Å²) in [6, 6.07) is 21.1. The third-order valence-corrected chi connectivity index (χ3v) is 6.52. The lowest BCUT2D eigenvalue weighted by atomic mass is 9.94. The van der Waals surface area contributed by atoms with Crippen molar-refractivity contribution in [2.24, 2.45) is 0 Å². The topological polar surface area (TPSA) is 62.3 Å². The lowest BCUT2D eigenvalue weighted by Gasteiger charge is -2.30. The average Bonchev–Trinajstić information content (AvgIpc) is 3.16. The van der Waals surface area contributed by atoms with E-state index in [1.165, 1.54) is 6.42 Å². The molecule has 2 amide bonds. The molecule has 1 aliphatic heterocycles. The molecule has 1 N–H and O–H groups in total. The second-order valence-corrected chi connectivity index (χ2v) is 8.68. The van der Waals surface area contributed by atoms with Crippen molar-refractivity contribution in [3.8, 4) is 11.3 Å². The van der Waals surface area contributed by atoms with Crippen molar-refractivity contribution < 1.29 is 9.59 Å². The molecular formula is C27H27N3O2. The standard InChI is InChI=1S/C27H27N3O2/c31-26(29-22-14-8-3-9-15-22)25(20-12-6-2-7-13-20)30-18-21-16-24(19-10-4-1-5-11-19)28-17-23(21)27(30)32/h1-2,4-7,10-13,16-17,22,25H,3,8-9,14-15,18H2,(H,29,31). The number of nitrogens with zero attached hydrogens (tertiary/aromatic N) is 2. The largest absolute Gasteiger partial charge is 0.351 e. The summed E-state index contributed by atoms with van der Waals surface area (Å²) in [5, 5.41) is 3.23. The van der Waals surface area contributed by atoms with Gasteiger partial charge in [0.25, 0.3) is 5.91 Å². The minimum Gasteiger partial charge on any atom is -0.351 e. The van der Waals surface area contributed by atoms with Crippen molar-refractivity contribution in [1.82, 2.24) is 15.2 Å². The van der Waals surface area contributed by atoms with Crippen LogP contribution in [0.25, 0.3) is 11.3 Å². The lowest BCUT2D eigenvalue weighted by Crippen LogP contribution is -2.45. The Morgan fingerprint density at radius 2 is 1.66 bits per heavy atom. The van der Waals surface area contributed by atoms with Crippen LogP contribution in [-0.4, -0.2) is 27.7 Å². The van der Waals surface area contributed by atoms with Crippen LogP contribution in [0.5, 0.6) is 0 Å². The summed E-state index contributed by atoms with van der Waals surface area (Å²) in [4.78, 5) is 33.0. The van der Waals surface area contributed by atoms with Gasteiger partial charge >= 0.3 is 0 Å². The van der Waals surface area contributed by atoms with Gasteiger partial charge in [0.05, 0.1) is 11.3 Å². The van der Waals surface area contributed by atoms with E-state index in [0.29, 0.717) is 12.1 Å². The predicted molar refractivity (Wildman–Crippen MR) is 124 cm³/mol. The van der Waals surface area contributed by atoms with E-state index in [2.05, 4.69) is 10.3 Å². The van der Waals surface area contributed by atoms with Crippen LogP contribution >= 0.6 is 0 Å². The van der Waals surface area contributed by atoms with E-state index < -0.39 is 6.04 Å². The molecule has 1 aliphatic carbocycles. The third-order valence-electron chi connectivity index (χ3n) is 6.52. The van der Waals surface area contributed by atoms with Gasteiger partial charge in [0.2, 0.25) is 5.91 Å². The van der Waals surface area contributed by atoms with Gasteiger partial charge in [0.1, 0.15) is 6.04 Å². The maximum absolute atomic E-state index is 13.5. The SMILES string of the molecule is O=C(NC1CCCCC1)C(c1ccccc1)N1Cc2cc(-c3ccccc3)ncc2C1=O. The minimum absolute atomic E-state index is 0.0968. The molecule has 2 aliphatic rings. The molecular weight excluding hydrogens is 398 g/mol. The van der Waals surface area contributed by atoms with Crippen LogP contribution in [0.2, 0.25) is 0 Å². The smallest absolute Gasteiger partial charge is 0.257 e. The van der Waals surface area contributed by atoms with Crippen molar-refractivity contribution in [3.63, 3.8) is 0 Å². The third kappa shape index (κ3) is 4.03. The summed E-state index contributed by atoms with van der Waals surface area (Å²) < 4.78 is 0. The van der Waals surface area contributed by atoms with Crippen molar-refractivity contribution in [2.45, 2.75) is 50.7 Å². The average molecular weight is 426 g/mol. The van der Waals surface area contributed by atoms with Crippen molar-refractivity contribution in [3.05, 3.63) is 89.6 Å². The summed E-state index contributed by atoms with van der Waals surface area (Å²) in [6.45, 7) is 0.397. The lowest BCUT2D eigenvalue weighted by molar-refractivity contribution is -0.126. The van der Waals surface area contributed by atoms with Gasteiger partial charge in [0, 0.05) is 24.3 Å². The maximum atomic E-state index is 13.5. The van der Waals surface area contributed by atoms with E-state index >= 15 is 0 Å². The van der Waals surface area contributed by atoms with Crippen molar-refractivity contribution in [2.75, 3.05) is 0 Å². The Morgan fingerprint density at radius 3 is 2.38 bits per heavy atom. The maximum Gasteiger partial charge on any atom is 0.257 e. The van der Waals surface area contributed by atoms with Gasteiger partial charge < -0.3 is 10.2 Å². The zero-order valence-corrected chi connectivity index (χ0v) is 18.0. The molecule has 5 heteroatoms. The zero-order chi connectivity index (χ0) is 21.9. The quantitative estimate of drug-likeness (QED) is 0.633. The summed E-state index contributed by atoms with van der Waals surface area (Å²) in [7, 11) is 0. The summed E-state index contributed by atoms with van der Waals surface area (Å²) in [5.41, 5.74) is 4.17. The number of benzene rings is 2. The van der Waals surface area contributed by atoms with Gasteiger partial charge in [-0.1, -0.05) is 79.9 Å². The Morgan fingerprint density at radius 1 is 0.969 bits per heavy atom. The fourth-order valence-electron chi connectivity index (χ4n) is 4.84.